The van der Waals surface area contributed by atoms with Crippen LogP contribution in [-0.2, 0) is 14.2 Å². The van der Waals surface area contributed by atoms with Crippen molar-refractivity contribution in [2.45, 2.75) is 36.8 Å². The molecule has 2 saturated heterocycles. The number of ether oxygens (including phenoxy) is 3. The summed E-state index contributed by atoms with van der Waals surface area (Å²) in [6.45, 7) is 2.32. The van der Waals surface area contributed by atoms with Gasteiger partial charge in [0.2, 0.25) is 0 Å². The highest BCUT2D eigenvalue weighted by atomic mass is 16.6. The Balaban J connectivity index is 2.23. The molecule has 2 fully saturated rings. The molecule has 0 saturated carbocycles. The van der Waals surface area contributed by atoms with E-state index in [2.05, 4.69) is 0 Å². The molecule has 0 aromatic rings. The number of hydrogen-bond donors (Lipinski definition) is 1. The van der Waals surface area contributed by atoms with E-state index in [9.17, 15) is 5.11 Å². The summed E-state index contributed by atoms with van der Waals surface area (Å²) in [6, 6.07) is -0.0404. The zero-order valence-corrected chi connectivity index (χ0v) is 8.19. The molecule has 13 heavy (non-hydrogen) atoms. The van der Waals surface area contributed by atoms with Gasteiger partial charge in [0.25, 0.3) is 0 Å². The first kappa shape index (κ1) is 9.46. The summed E-state index contributed by atoms with van der Waals surface area (Å²) < 4.78 is 16.4. The molecular formula is C8H15BO4. The van der Waals surface area contributed by atoms with E-state index >= 15 is 0 Å². The van der Waals surface area contributed by atoms with Crippen molar-refractivity contribution in [3.8, 4) is 0 Å². The molecular weight excluding hydrogens is 171 g/mol. The third kappa shape index (κ3) is 1.08. The molecule has 2 aliphatic rings. The number of rotatable bonds is 2. The van der Waals surface area contributed by atoms with Crippen LogP contribution in [-0.4, -0.2) is 56.6 Å². The van der Waals surface area contributed by atoms with Gasteiger partial charge >= 0.3 is 0 Å². The average molecular weight is 186 g/mol. The quantitative estimate of drug-likeness (QED) is 0.533. The first-order chi connectivity index (χ1) is 6.12. The van der Waals surface area contributed by atoms with Crippen LogP contribution in [0.3, 0.4) is 0 Å². The van der Waals surface area contributed by atoms with Crippen molar-refractivity contribution in [2.75, 3.05) is 13.7 Å². The molecule has 1 N–H and O–H groups in total. The van der Waals surface area contributed by atoms with Gasteiger partial charge in [-0.05, 0) is 6.92 Å². The van der Waals surface area contributed by atoms with Crippen molar-refractivity contribution in [1.82, 2.24) is 0 Å². The molecule has 2 heterocycles. The maximum absolute atomic E-state index is 9.92. The Hall–Kier alpha value is -0.0951. The second-order valence-corrected chi connectivity index (χ2v) is 3.88. The monoisotopic (exact) mass is 186 g/mol. The van der Waals surface area contributed by atoms with Gasteiger partial charge in [0.1, 0.15) is 25.7 Å². The van der Waals surface area contributed by atoms with Crippen LogP contribution in [0.2, 0.25) is 0 Å². The van der Waals surface area contributed by atoms with E-state index in [1.807, 2.05) is 14.8 Å². The standard InChI is InChI=1S/C8H15BO4/c1-4(11-2)8-3-12-5(6(8)10)7(9)13-8/h4-7,10H,3,9H2,1-2H3/t4-,5+,6-,7+,8+/m0/s1. The molecule has 0 aromatic heterocycles. The van der Waals surface area contributed by atoms with Crippen LogP contribution in [0.15, 0.2) is 0 Å². The first-order valence-electron chi connectivity index (χ1n) is 4.62. The largest absolute Gasteiger partial charge is 0.387 e. The minimum atomic E-state index is -0.640. The van der Waals surface area contributed by atoms with Crippen LogP contribution in [0.1, 0.15) is 6.92 Å². The zero-order valence-electron chi connectivity index (χ0n) is 8.19. The molecule has 2 bridgehead atoms. The number of fused-ring (bicyclic) bond motifs is 2. The summed E-state index contributed by atoms with van der Waals surface area (Å²) in [5, 5.41) is 9.92. The molecule has 0 amide bonds. The molecule has 2 rings (SSSR count). The Kier molecular flexibility index (Phi) is 2.15. The summed E-state index contributed by atoms with van der Waals surface area (Å²) in [5.41, 5.74) is -0.640. The number of hydrogen-bond acceptors (Lipinski definition) is 4. The number of methoxy groups -OCH3 is 1. The fourth-order valence-electron chi connectivity index (χ4n) is 2.24. The third-order valence-corrected chi connectivity index (χ3v) is 3.22. The predicted molar refractivity (Wildman–Crippen MR) is 48.4 cm³/mol. The van der Waals surface area contributed by atoms with Gasteiger partial charge in [-0.3, -0.25) is 0 Å². The van der Waals surface area contributed by atoms with E-state index in [0.717, 1.165) is 0 Å². The Morgan fingerprint density at radius 2 is 2.38 bits per heavy atom. The topological polar surface area (TPSA) is 47.9 Å². The molecule has 0 aliphatic carbocycles. The lowest BCUT2D eigenvalue weighted by Crippen LogP contribution is -2.51. The van der Waals surface area contributed by atoms with E-state index in [0.29, 0.717) is 6.61 Å². The predicted octanol–water partition coefficient (Wildman–Crippen LogP) is -1.49. The summed E-state index contributed by atoms with van der Waals surface area (Å²) >= 11 is 0. The minimum Gasteiger partial charge on any atom is -0.387 e. The van der Waals surface area contributed by atoms with Gasteiger partial charge < -0.3 is 19.3 Å². The van der Waals surface area contributed by atoms with Gasteiger partial charge in [-0.1, -0.05) is 0 Å². The highest BCUT2D eigenvalue weighted by Crippen LogP contribution is 2.41. The summed E-state index contributed by atoms with van der Waals surface area (Å²) in [5.74, 6) is 0. The van der Waals surface area contributed by atoms with Crippen LogP contribution in [0.5, 0.6) is 0 Å². The lowest BCUT2D eigenvalue weighted by molar-refractivity contribution is -0.171. The second kappa shape index (κ2) is 2.95. The second-order valence-electron chi connectivity index (χ2n) is 3.88. The molecule has 0 radical (unpaired) electrons. The van der Waals surface area contributed by atoms with Gasteiger partial charge in [0, 0.05) is 7.11 Å². The van der Waals surface area contributed by atoms with Crippen molar-refractivity contribution in [3.05, 3.63) is 0 Å². The lowest BCUT2D eigenvalue weighted by Gasteiger charge is -2.34. The van der Waals surface area contributed by atoms with E-state index in [-0.39, 0.29) is 18.2 Å². The van der Waals surface area contributed by atoms with E-state index in [4.69, 9.17) is 14.2 Å². The maximum atomic E-state index is 9.92. The Bertz CT molecular complexity index is 212. The van der Waals surface area contributed by atoms with Gasteiger partial charge in [0.05, 0.1) is 18.7 Å². The van der Waals surface area contributed by atoms with Crippen molar-refractivity contribution < 1.29 is 19.3 Å². The van der Waals surface area contributed by atoms with E-state index in [1.165, 1.54) is 0 Å². The molecule has 0 spiro atoms. The van der Waals surface area contributed by atoms with Crippen LogP contribution >= 0.6 is 0 Å². The lowest BCUT2D eigenvalue weighted by atomic mass is 9.90. The first-order valence-corrected chi connectivity index (χ1v) is 4.62. The normalized spacial score (nSPS) is 51.2. The van der Waals surface area contributed by atoms with Gasteiger partial charge in [-0.2, -0.15) is 0 Å². The average Bonchev–Trinajstić information content (AvgIpc) is 2.56. The summed E-state index contributed by atoms with van der Waals surface area (Å²) in [4.78, 5) is 0. The highest BCUT2D eigenvalue weighted by Gasteiger charge is 2.62. The van der Waals surface area contributed by atoms with E-state index in [1.54, 1.807) is 7.11 Å². The van der Waals surface area contributed by atoms with Gasteiger partial charge in [0.15, 0.2) is 0 Å². The van der Waals surface area contributed by atoms with Crippen molar-refractivity contribution >= 4 is 7.85 Å². The Morgan fingerprint density at radius 3 is 2.77 bits per heavy atom. The van der Waals surface area contributed by atoms with Gasteiger partial charge in [-0.15, -0.1) is 0 Å². The highest BCUT2D eigenvalue weighted by molar-refractivity contribution is 6.11. The summed E-state index contributed by atoms with van der Waals surface area (Å²) in [7, 11) is 3.53. The van der Waals surface area contributed by atoms with Crippen LogP contribution in [0.25, 0.3) is 0 Å². The zero-order chi connectivity index (χ0) is 9.64. The van der Waals surface area contributed by atoms with Crippen LogP contribution in [0, 0.1) is 0 Å². The van der Waals surface area contributed by atoms with Gasteiger partial charge in [-0.25, -0.2) is 0 Å². The smallest absolute Gasteiger partial charge is 0.145 e. The Labute approximate surface area is 78.6 Å². The van der Waals surface area contributed by atoms with Crippen LogP contribution in [0.4, 0.5) is 0 Å². The molecule has 0 aromatic carbocycles. The fraction of sp³-hybridized carbons (Fsp3) is 1.00. The molecule has 5 atom stereocenters. The molecule has 2 aliphatic heterocycles. The fourth-order valence-corrected chi connectivity index (χ4v) is 2.24. The molecule has 5 heteroatoms. The van der Waals surface area contributed by atoms with Crippen molar-refractivity contribution in [1.29, 1.82) is 0 Å². The number of aliphatic hydroxyl groups is 1. The Morgan fingerprint density at radius 1 is 1.69 bits per heavy atom. The maximum Gasteiger partial charge on any atom is 0.145 e. The number of aliphatic hydroxyl groups excluding tert-OH is 1. The SMILES string of the molecule is B[C@@H]1O[C@@]2([C@H](C)OC)CO[C@@H]1[C@@H]2O. The van der Waals surface area contributed by atoms with Crippen LogP contribution < -0.4 is 0 Å². The molecule has 0 unspecified atom stereocenters. The van der Waals surface area contributed by atoms with E-state index < -0.39 is 11.7 Å². The van der Waals surface area contributed by atoms with Crippen molar-refractivity contribution in [2.24, 2.45) is 0 Å². The van der Waals surface area contributed by atoms with Crippen molar-refractivity contribution in [3.63, 3.8) is 0 Å². The summed E-state index contributed by atoms with van der Waals surface area (Å²) in [6.07, 6.45) is -0.882. The minimum absolute atomic E-state index is 0.0404. The molecule has 4 nitrogen and oxygen atoms in total. The molecule has 74 valence electrons. The third-order valence-electron chi connectivity index (χ3n) is 3.22.